The number of rotatable bonds is 5. The highest BCUT2D eigenvalue weighted by Gasteiger charge is 2.31. The number of nitrogens with one attached hydrogen (secondary N) is 2. The molecule has 0 spiro atoms. The molecule has 2 N–H and O–H groups in total. The first-order chi connectivity index (χ1) is 11.9. The minimum Gasteiger partial charge on any atom is -0.354 e. The Balaban J connectivity index is 1.63. The van der Waals surface area contributed by atoms with E-state index in [4.69, 9.17) is 0 Å². The lowest BCUT2D eigenvalue weighted by Gasteiger charge is -2.25. The largest absolute Gasteiger partial charge is 0.354 e. The molecule has 0 bridgehead atoms. The molecule has 2 aliphatic heterocycles. The summed E-state index contributed by atoms with van der Waals surface area (Å²) in [6.45, 7) is 1.03. The van der Waals surface area contributed by atoms with Gasteiger partial charge in [0.1, 0.15) is 5.82 Å². The van der Waals surface area contributed by atoms with Crippen molar-refractivity contribution in [1.29, 1.82) is 0 Å². The lowest BCUT2D eigenvalue weighted by molar-refractivity contribution is -0.126. The molecule has 9 heteroatoms. The molecule has 0 unspecified atom stereocenters. The van der Waals surface area contributed by atoms with E-state index in [-0.39, 0.29) is 30.3 Å². The standard InChI is InChI=1S/C16H20FN3O4S/c17-11-3-4-12-13(10-15(21)19-14(12)9-11)16(22)18-5-8-25(23,24)20-6-1-2-7-20/h3-4,9,13H,1-2,5-8,10H2,(H,18,22)(H,19,21)/t13-/m0/s1. The topological polar surface area (TPSA) is 95.6 Å². The number of hydrogen-bond acceptors (Lipinski definition) is 4. The smallest absolute Gasteiger partial charge is 0.228 e. The zero-order valence-electron chi connectivity index (χ0n) is 13.6. The minimum atomic E-state index is -3.37. The van der Waals surface area contributed by atoms with Crippen molar-refractivity contribution in [1.82, 2.24) is 9.62 Å². The molecule has 1 saturated heterocycles. The quantitative estimate of drug-likeness (QED) is 0.802. The Kier molecular flexibility index (Phi) is 5.05. The number of anilines is 1. The van der Waals surface area contributed by atoms with Crippen LogP contribution in [0.15, 0.2) is 18.2 Å². The van der Waals surface area contributed by atoms with Crippen LogP contribution in [0.1, 0.15) is 30.7 Å². The average Bonchev–Trinajstić information content (AvgIpc) is 3.08. The molecular formula is C16H20FN3O4S. The summed E-state index contributed by atoms with van der Waals surface area (Å²) in [7, 11) is -3.37. The monoisotopic (exact) mass is 369 g/mol. The predicted molar refractivity (Wildman–Crippen MR) is 90.0 cm³/mol. The van der Waals surface area contributed by atoms with Crippen LogP contribution < -0.4 is 10.6 Å². The first kappa shape index (κ1) is 17.8. The summed E-state index contributed by atoms with van der Waals surface area (Å²) in [6, 6.07) is 3.87. The highest BCUT2D eigenvalue weighted by Crippen LogP contribution is 2.32. The van der Waals surface area contributed by atoms with E-state index in [1.807, 2.05) is 0 Å². The molecule has 25 heavy (non-hydrogen) atoms. The van der Waals surface area contributed by atoms with Crippen molar-refractivity contribution >= 4 is 27.5 Å². The van der Waals surface area contributed by atoms with Gasteiger partial charge in [0.25, 0.3) is 0 Å². The summed E-state index contributed by atoms with van der Waals surface area (Å²) in [4.78, 5) is 24.1. The van der Waals surface area contributed by atoms with Crippen LogP contribution in [-0.4, -0.2) is 49.9 Å². The lowest BCUT2D eigenvalue weighted by atomic mass is 9.90. The molecule has 0 aliphatic carbocycles. The van der Waals surface area contributed by atoms with Crippen molar-refractivity contribution in [2.75, 3.05) is 30.7 Å². The molecule has 1 atom stereocenters. The summed E-state index contributed by atoms with van der Waals surface area (Å²) in [5.41, 5.74) is 0.807. The number of halogens is 1. The van der Waals surface area contributed by atoms with Gasteiger partial charge in [0.05, 0.1) is 11.7 Å². The van der Waals surface area contributed by atoms with Crippen LogP contribution >= 0.6 is 0 Å². The van der Waals surface area contributed by atoms with Crippen molar-refractivity contribution in [2.24, 2.45) is 0 Å². The Labute approximate surface area is 145 Å². The summed E-state index contributed by atoms with van der Waals surface area (Å²) < 4.78 is 39.0. The van der Waals surface area contributed by atoms with Gasteiger partial charge in [-0.2, -0.15) is 0 Å². The fraction of sp³-hybridized carbons (Fsp3) is 0.500. The zero-order valence-corrected chi connectivity index (χ0v) is 14.4. The molecule has 2 heterocycles. The predicted octanol–water partition coefficient (Wildman–Crippen LogP) is 0.793. The van der Waals surface area contributed by atoms with Gasteiger partial charge in [0.2, 0.25) is 21.8 Å². The van der Waals surface area contributed by atoms with Gasteiger partial charge in [0.15, 0.2) is 0 Å². The number of hydrogen-bond donors (Lipinski definition) is 2. The van der Waals surface area contributed by atoms with Crippen LogP contribution in [0.3, 0.4) is 0 Å². The molecule has 136 valence electrons. The lowest BCUT2D eigenvalue weighted by Crippen LogP contribution is -2.39. The van der Waals surface area contributed by atoms with Gasteiger partial charge in [0, 0.05) is 31.7 Å². The Morgan fingerprint density at radius 1 is 1.32 bits per heavy atom. The number of amides is 2. The molecule has 2 amide bonds. The zero-order chi connectivity index (χ0) is 18.0. The van der Waals surface area contributed by atoms with Gasteiger partial charge >= 0.3 is 0 Å². The van der Waals surface area contributed by atoms with Gasteiger partial charge in [-0.05, 0) is 30.5 Å². The third-order valence-corrected chi connectivity index (χ3v) is 6.36. The van der Waals surface area contributed by atoms with E-state index >= 15 is 0 Å². The average molecular weight is 369 g/mol. The van der Waals surface area contributed by atoms with Crippen molar-refractivity contribution in [3.63, 3.8) is 0 Å². The number of fused-ring (bicyclic) bond motifs is 1. The number of benzene rings is 1. The van der Waals surface area contributed by atoms with Crippen LogP contribution in [-0.2, 0) is 19.6 Å². The summed E-state index contributed by atoms with van der Waals surface area (Å²) in [6.07, 6.45) is 1.66. The van der Waals surface area contributed by atoms with Crippen molar-refractivity contribution in [3.8, 4) is 0 Å². The summed E-state index contributed by atoms with van der Waals surface area (Å²) in [5.74, 6) is -2.23. The van der Waals surface area contributed by atoms with Crippen molar-refractivity contribution in [2.45, 2.75) is 25.2 Å². The fourth-order valence-electron chi connectivity index (χ4n) is 3.19. The number of nitrogens with zero attached hydrogens (tertiary/aromatic N) is 1. The Morgan fingerprint density at radius 2 is 2.04 bits per heavy atom. The number of carbonyl (C=O) groups excluding carboxylic acids is 2. The summed E-state index contributed by atoms with van der Waals surface area (Å²) >= 11 is 0. The van der Waals surface area contributed by atoms with E-state index in [1.54, 1.807) is 0 Å². The highest BCUT2D eigenvalue weighted by atomic mass is 32.2. The molecule has 3 rings (SSSR count). The van der Waals surface area contributed by atoms with E-state index < -0.39 is 27.7 Å². The second kappa shape index (κ2) is 7.09. The highest BCUT2D eigenvalue weighted by molar-refractivity contribution is 7.89. The Hall–Kier alpha value is -2.00. The van der Waals surface area contributed by atoms with Crippen molar-refractivity contribution < 1.29 is 22.4 Å². The molecule has 1 aromatic carbocycles. The first-order valence-electron chi connectivity index (χ1n) is 8.22. The first-order valence-corrected chi connectivity index (χ1v) is 9.82. The number of sulfonamides is 1. The van der Waals surface area contributed by atoms with E-state index in [9.17, 15) is 22.4 Å². The Morgan fingerprint density at radius 3 is 2.76 bits per heavy atom. The van der Waals surface area contributed by atoms with Gasteiger partial charge in [-0.25, -0.2) is 17.1 Å². The van der Waals surface area contributed by atoms with Crippen LogP contribution in [0, 0.1) is 5.82 Å². The summed E-state index contributed by atoms with van der Waals surface area (Å²) in [5, 5.41) is 5.13. The molecule has 0 aromatic heterocycles. The van der Waals surface area contributed by atoms with Crippen LogP contribution in [0.2, 0.25) is 0 Å². The second-order valence-corrected chi connectivity index (χ2v) is 8.34. The maximum absolute atomic E-state index is 13.3. The molecule has 7 nitrogen and oxygen atoms in total. The van der Waals surface area contributed by atoms with Crippen LogP contribution in [0.5, 0.6) is 0 Å². The van der Waals surface area contributed by atoms with Crippen LogP contribution in [0.4, 0.5) is 10.1 Å². The normalized spacial score (nSPS) is 20.8. The Bertz CT molecular complexity index is 791. The van der Waals surface area contributed by atoms with Gasteiger partial charge in [-0.15, -0.1) is 0 Å². The molecule has 2 aliphatic rings. The van der Waals surface area contributed by atoms with Crippen molar-refractivity contribution in [3.05, 3.63) is 29.6 Å². The molecule has 1 aromatic rings. The second-order valence-electron chi connectivity index (χ2n) is 6.25. The van der Waals surface area contributed by atoms with Gasteiger partial charge in [-0.1, -0.05) is 6.07 Å². The van der Waals surface area contributed by atoms with E-state index in [0.29, 0.717) is 18.7 Å². The fourth-order valence-corrected chi connectivity index (χ4v) is 4.63. The number of carbonyl (C=O) groups is 2. The van der Waals surface area contributed by atoms with Gasteiger partial charge in [-0.3, -0.25) is 9.59 Å². The van der Waals surface area contributed by atoms with E-state index in [1.165, 1.54) is 22.5 Å². The third-order valence-electron chi connectivity index (χ3n) is 4.49. The maximum Gasteiger partial charge on any atom is 0.228 e. The van der Waals surface area contributed by atoms with Crippen LogP contribution in [0.25, 0.3) is 0 Å². The molecule has 0 saturated carbocycles. The van der Waals surface area contributed by atoms with E-state index in [2.05, 4.69) is 10.6 Å². The molecule has 1 fully saturated rings. The van der Waals surface area contributed by atoms with E-state index in [0.717, 1.165) is 12.8 Å². The third kappa shape index (κ3) is 3.98. The van der Waals surface area contributed by atoms with Gasteiger partial charge < -0.3 is 10.6 Å². The molecular weight excluding hydrogens is 349 g/mol. The SMILES string of the molecule is O=C1C[C@H](C(=O)NCCS(=O)(=O)N2CCCC2)c2ccc(F)cc2N1. The minimum absolute atomic E-state index is 0.0215. The maximum atomic E-state index is 13.3. The molecule has 0 radical (unpaired) electrons.